The first-order valence-corrected chi connectivity index (χ1v) is 7.89. The zero-order valence-electron chi connectivity index (χ0n) is 14.1. The van der Waals surface area contributed by atoms with Crippen molar-refractivity contribution < 1.29 is 23.8 Å². The van der Waals surface area contributed by atoms with Gasteiger partial charge in [0.1, 0.15) is 5.60 Å². The third-order valence-electron chi connectivity index (χ3n) is 4.59. The van der Waals surface area contributed by atoms with Gasteiger partial charge in [-0.1, -0.05) is 19.9 Å². The summed E-state index contributed by atoms with van der Waals surface area (Å²) >= 11 is 0. The first-order valence-electron chi connectivity index (χ1n) is 7.89. The molecular weight excluding hydrogens is 284 g/mol. The molecule has 0 saturated heterocycles. The highest BCUT2D eigenvalue weighted by Crippen LogP contribution is 2.40. The maximum Gasteiger partial charge on any atom is 0.344 e. The van der Waals surface area contributed by atoms with Gasteiger partial charge in [-0.15, -0.1) is 0 Å². The Hall–Kier alpha value is -1.36. The monoisotopic (exact) mass is 312 g/mol. The number of hydrogen-bond acceptors (Lipinski definition) is 5. The van der Waals surface area contributed by atoms with E-state index in [1.165, 1.54) is 0 Å². The molecule has 5 nitrogen and oxygen atoms in total. The molecule has 0 heterocycles. The van der Waals surface area contributed by atoms with Crippen molar-refractivity contribution in [3.8, 4) is 0 Å². The van der Waals surface area contributed by atoms with Crippen LogP contribution in [0.15, 0.2) is 12.2 Å². The number of hydrogen-bond donors (Lipinski definition) is 0. The van der Waals surface area contributed by atoms with Crippen molar-refractivity contribution in [2.24, 2.45) is 5.92 Å². The Morgan fingerprint density at radius 3 is 2.27 bits per heavy atom. The lowest BCUT2D eigenvalue weighted by Gasteiger charge is -2.43. The van der Waals surface area contributed by atoms with Crippen molar-refractivity contribution in [2.45, 2.75) is 64.6 Å². The van der Waals surface area contributed by atoms with Gasteiger partial charge >= 0.3 is 11.9 Å². The van der Waals surface area contributed by atoms with Gasteiger partial charge in [-0.2, -0.15) is 0 Å². The molecule has 0 radical (unpaired) electrons. The minimum absolute atomic E-state index is 0.0103. The van der Waals surface area contributed by atoms with E-state index in [9.17, 15) is 9.59 Å². The second kappa shape index (κ2) is 8.32. The molecule has 2 unspecified atom stereocenters. The fourth-order valence-corrected chi connectivity index (χ4v) is 2.94. The molecule has 0 aromatic carbocycles. The van der Waals surface area contributed by atoms with Crippen molar-refractivity contribution in [1.29, 1.82) is 0 Å². The van der Waals surface area contributed by atoms with E-state index in [0.717, 1.165) is 32.1 Å². The highest BCUT2D eigenvalue weighted by Gasteiger charge is 2.43. The second-order valence-electron chi connectivity index (χ2n) is 6.19. The van der Waals surface area contributed by atoms with E-state index in [0.29, 0.717) is 0 Å². The fourth-order valence-electron chi connectivity index (χ4n) is 2.94. The molecule has 1 fully saturated rings. The summed E-state index contributed by atoms with van der Waals surface area (Å²) < 4.78 is 16.1. The van der Waals surface area contributed by atoms with E-state index in [1.807, 2.05) is 13.8 Å². The minimum atomic E-state index is -0.576. The van der Waals surface area contributed by atoms with Gasteiger partial charge in [-0.05, 0) is 39.5 Å². The summed E-state index contributed by atoms with van der Waals surface area (Å²) in [5, 5.41) is 0. The summed E-state index contributed by atoms with van der Waals surface area (Å²) in [5.41, 5.74) is -0.262. The second-order valence-corrected chi connectivity index (χ2v) is 6.19. The number of carbonyl (C=O) groups excluding carboxylic acids is 2. The number of esters is 2. The van der Waals surface area contributed by atoms with Crippen molar-refractivity contribution >= 4 is 11.9 Å². The van der Waals surface area contributed by atoms with Gasteiger partial charge in [-0.3, -0.25) is 0 Å². The highest BCUT2D eigenvalue weighted by atomic mass is 16.6. The number of carbonyl (C=O) groups is 2. The Kier molecular flexibility index (Phi) is 7.07. The highest BCUT2D eigenvalue weighted by molar-refractivity contribution is 5.88. The van der Waals surface area contributed by atoms with Crippen LogP contribution in [-0.4, -0.2) is 37.4 Å². The molecule has 2 atom stereocenters. The Morgan fingerprint density at radius 1 is 1.18 bits per heavy atom. The van der Waals surface area contributed by atoms with Crippen LogP contribution in [0.25, 0.3) is 0 Å². The van der Waals surface area contributed by atoms with Crippen LogP contribution in [0.2, 0.25) is 0 Å². The average molecular weight is 312 g/mol. The molecule has 0 aromatic heterocycles. The van der Waals surface area contributed by atoms with Crippen LogP contribution in [0.5, 0.6) is 0 Å². The molecule has 1 aliphatic carbocycles. The summed E-state index contributed by atoms with van der Waals surface area (Å²) in [6, 6.07) is 0. The Bertz CT molecular complexity index is 409. The van der Waals surface area contributed by atoms with Crippen molar-refractivity contribution in [3.05, 3.63) is 12.2 Å². The van der Waals surface area contributed by atoms with E-state index in [2.05, 4.69) is 6.58 Å². The van der Waals surface area contributed by atoms with E-state index in [4.69, 9.17) is 14.2 Å². The predicted octanol–water partition coefficient (Wildman–Crippen LogP) is 3.02. The van der Waals surface area contributed by atoms with Gasteiger partial charge in [0.25, 0.3) is 0 Å². The largest absolute Gasteiger partial charge is 0.456 e. The molecule has 0 aliphatic heterocycles. The molecule has 126 valence electrons. The number of rotatable bonds is 7. The zero-order valence-corrected chi connectivity index (χ0v) is 14.1. The zero-order chi connectivity index (χ0) is 16.8. The lowest BCUT2D eigenvalue weighted by atomic mass is 9.74. The lowest BCUT2D eigenvalue weighted by Crippen LogP contribution is -2.48. The van der Waals surface area contributed by atoms with Gasteiger partial charge in [0, 0.05) is 18.6 Å². The summed E-state index contributed by atoms with van der Waals surface area (Å²) in [6.07, 6.45) is 4.84. The standard InChI is InChI=1S/C17H28O5/c1-12(2)16(19)21-11-15(18)22-17(9-7-6-8-10-17)13(3)14(4)20-5/h13-14H,1,6-11H2,2-5H3. The van der Waals surface area contributed by atoms with Crippen molar-refractivity contribution in [1.82, 2.24) is 0 Å². The van der Waals surface area contributed by atoms with Gasteiger partial charge < -0.3 is 14.2 Å². The van der Waals surface area contributed by atoms with Gasteiger partial charge in [-0.25, -0.2) is 9.59 Å². The van der Waals surface area contributed by atoms with Crippen LogP contribution in [0.4, 0.5) is 0 Å². The van der Waals surface area contributed by atoms with Crippen LogP contribution >= 0.6 is 0 Å². The number of methoxy groups -OCH3 is 1. The Balaban J connectivity index is 2.70. The first-order chi connectivity index (χ1) is 10.3. The maximum absolute atomic E-state index is 12.1. The average Bonchev–Trinajstić information content (AvgIpc) is 2.51. The predicted molar refractivity (Wildman–Crippen MR) is 83.3 cm³/mol. The quantitative estimate of drug-likeness (QED) is 0.534. The summed E-state index contributed by atoms with van der Waals surface area (Å²) in [7, 11) is 1.66. The molecular formula is C17H28O5. The van der Waals surface area contributed by atoms with Crippen LogP contribution in [0.3, 0.4) is 0 Å². The normalized spacial score (nSPS) is 19.8. The van der Waals surface area contributed by atoms with Crippen molar-refractivity contribution in [3.63, 3.8) is 0 Å². The van der Waals surface area contributed by atoms with Gasteiger partial charge in [0.2, 0.25) is 0 Å². The van der Waals surface area contributed by atoms with Crippen LogP contribution < -0.4 is 0 Å². The molecule has 0 N–H and O–H groups in total. The SMILES string of the molecule is C=C(C)C(=O)OCC(=O)OC1(C(C)C(C)OC)CCCCC1. The molecule has 1 saturated carbocycles. The topological polar surface area (TPSA) is 61.8 Å². The van der Waals surface area contributed by atoms with Crippen LogP contribution in [0.1, 0.15) is 52.9 Å². The molecule has 0 amide bonds. The van der Waals surface area contributed by atoms with Gasteiger partial charge in [0.15, 0.2) is 6.61 Å². The van der Waals surface area contributed by atoms with E-state index in [1.54, 1.807) is 14.0 Å². The first kappa shape index (κ1) is 18.7. The summed E-state index contributed by atoms with van der Waals surface area (Å²) in [5.74, 6) is -1.00. The van der Waals surface area contributed by atoms with E-state index < -0.39 is 17.5 Å². The summed E-state index contributed by atoms with van der Waals surface area (Å²) in [6.45, 7) is 8.68. The molecule has 1 rings (SSSR count). The summed E-state index contributed by atoms with van der Waals surface area (Å²) in [4.78, 5) is 23.4. The third-order valence-corrected chi connectivity index (χ3v) is 4.59. The van der Waals surface area contributed by atoms with E-state index in [-0.39, 0.29) is 24.2 Å². The molecule has 5 heteroatoms. The minimum Gasteiger partial charge on any atom is -0.456 e. The van der Waals surface area contributed by atoms with Crippen molar-refractivity contribution in [2.75, 3.05) is 13.7 Å². The number of ether oxygens (including phenoxy) is 3. The molecule has 0 aromatic rings. The Morgan fingerprint density at radius 2 is 1.77 bits per heavy atom. The Labute approximate surface area is 133 Å². The van der Waals surface area contributed by atoms with Crippen LogP contribution in [-0.2, 0) is 23.8 Å². The smallest absolute Gasteiger partial charge is 0.344 e. The maximum atomic E-state index is 12.1. The molecule has 22 heavy (non-hydrogen) atoms. The molecule has 0 spiro atoms. The lowest BCUT2D eigenvalue weighted by molar-refractivity contribution is -0.183. The molecule has 0 bridgehead atoms. The third kappa shape index (κ3) is 4.83. The molecule has 1 aliphatic rings. The van der Waals surface area contributed by atoms with Gasteiger partial charge in [0.05, 0.1) is 6.10 Å². The fraction of sp³-hybridized carbons (Fsp3) is 0.765. The van der Waals surface area contributed by atoms with Crippen LogP contribution in [0, 0.1) is 5.92 Å². The van der Waals surface area contributed by atoms with E-state index >= 15 is 0 Å².